The third-order valence-corrected chi connectivity index (χ3v) is 4.92. The summed E-state index contributed by atoms with van der Waals surface area (Å²) in [6, 6.07) is 7.38. The van der Waals surface area contributed by atoms with Crippen LogP contribution in [-0.4, -0.2) is 61.1 Å². The first-order valence-corrected chi connectivity index (χ1v) is 9.85. The molecule has 1 aromatic carbocycles. The Bertz CT molecular complexity index is 592. The lowest BCUT2D eigenvalue weighted by atomic mass is 9.92. The Labute approximate surface area is 163 Å². The Balaban J connectivity index is 1.68. The number of piperidine rings is 1. The van der Waals surface area contributed by atoms with Crippen LogP contribution in [0.4, 0.5) is 5.69 Å². The molecule has 0 radical (unpaired) electrons. The number of hydrogen-bond acceptors (Lipinski definition) is 3. The lowest BCUT2D eigenvalue weighted by Gasteiger charge is -2.34. The molecule has 2 N–H and O–H groups in total. The quantitative estimate of drug-likeness (QED) is 0.590. The minimum atomic E-state index is -0.00130. The van der Waals surface area contributed by atoms with E-state index in [1.807, 2.05) is 24.3 Å². The maximum atomic E-state index is 11.9. The van der Waals surface area contributed by atoms with Crippen molar-refractivity contribution < 1.29 is 4.79 Å². The highest BCUT2D eigenvalue weighted by molar-refractivity contribution is 7.80. The van der Waals surface area contributed by atoms with Crippen LogP contribution in [0.5, 0.6) is 0 Å². The molecule has 0 spiro atoms. The van der Waals surface area contributed by atoms with Gasteiger partial charge in [-0.1, -0.05) is 13.8 Å². The molecule has 1 fully saturated rings. The summed E-state index contributed by atoms with van der Waals surface area (Å²) < 4.78 is 0. The smallest absolute Gasteiger partial charge is 0.253 e. The van der Waals surface area contributed by atoms with Gasteiger partial charge in [-0.25, -0.2) is 0 Å². The van der Waals surface area contributed by atoms with Crippen molar-refractivity contribution in [3.63, 3.8) is 0 Å². The minimum Gasteiger partial charge on any atom is -0.362 e. The fourth-order valence-corrected chi connectivity index (χ4v) is 3.83. The number of likely N-dealkylation sites (tertiary alicyclic amines) is 1. The van der Waals surface area contributed by atoms with Crippen LogP contribution in [0.3, 0.4) is 0 Å². The fourth-order valence-electron chi connectivity index (χ4n) is 3.61. The van der Waals surface area contributed by atoms with E-state index in [1.165, 1.54) is 19.5 Å². The summed E-state index contributed by atoms with van der Waals surface area (Å²) >= 11 is 5.36. The minimum absolute atomic E-state index is 0.00130. The fraction of sp³-hybridized carbons (Fsp3) is 0.600. The van der Waals surface area contributed by atoms with Gasteiger partial charge in [0.2, 0.25) is 0 Å². The second-order valence-corrected chi connectivity index (χ2v) is 8.13. The SMILES string of the molecule is C[C@H]1C[C@H](C)CN(CCCNC(=S)Nc2ccc(C(=O)N(C)C)cc2)C1. The molecule has 1 aliphatic heterocycles. The normalized spacial score (nSPS) is 20.5. The predicted molar refractivity (Wildman–Crippen MR) is 113 cm³/mol. The molecule has 1 saturated heterocycles. The topological polar surface area (TPSA) is 47.6 Å². The number of carbonyl (C=O) groups excluding carboxylic acids is 1. The highest BCUT2D eigenvalue weighted by atomic mass is 32.1. The van der Waals surface area contributed by atoms with Crippen LogP contribution in [0.1, 0.15) is 37.0 Å². The third kappa shape index (κ3) is 6.57. The largest absolute Gasteiger partial charge is 0.362 e. The second-order valence-electron chi connectivity index (χ2n) is 7.72. The predicted octanol–water partition coefficient (Wildman–Crippen LogP) is 3.04. The van der Waals surface area contributed by atoms with Crippen LogP contribution in [0.15, 0.2) is 24.3 Å². The van der Waals surface area contributed by atoms with Crippen LogP contribution in [0.25, 0.3) is 0 Å². The number of nitrogens with zero attached hydrogens (tertiary/aromatic N) is 2. The van der Waals surface area contributed by atoms with E-state index in [-0.39, 0.29) is 5.91 Å². The zero-order valence-corrected chi connectivity index (χ0v) is 17.2. The summed E-state index contributed by atoms with van der Waals surface area (Å²) in [6.45, 7) is 9.10. The van der Waals surface area contributed by atoms with E-state index in [1.54, 1.807) is 19.0 Å². The molecule has 144 valence electrons. The number of rotatable bonds is 6. The number of anilines is 1. The number of benzene rings is 1. The van der Waals surface area contributed by atoms with Crippen molar-refractivity contribution in [1.29, 1.82) is 0 Å². The van der Waals surface area contributed by atoms with Gasteiger partial charge in [-0.3, -0.25) is 4.79 Å². The zero-order valence-electron chi connectivity index (χ0n) is 16.4. The van der Waals surface area contributed by atoms with Gasteiger partial charge >= 0.3 is 0 Å². The molecule has 2 rings (SSSR count). The maximum Gasteiger partial charge on any atom is 0.253 e. The van der Waals surface area contributed by atoms with Crippen molar-refractivity contribution in [3.05, 3.63) is 29.8 Å². The average molecular weight is 377 g/mol. The summed E-state index contributed by atoms with van der Waals surface area (Å²) in [6.07, 6.45) is 2.43. The first-order chi connectivity index (χ1) is 12.3. The van der Waals surface area contributed by atoms with Crippen molar-refractivity contribution in [3.8, 4) is 0 Å². The molecule has 0 bridgehead atoms. The van der Waals surface area contributed by atoms with Gasteiger partial charge in [-0.15, -0.1) is 0 Å². The van der Waals surface area contributed by atoms with E-state index >= 15 is 0 Å². The molecule has 26 heavy (non-hydrogen) atoms. The molecule has 6 heteroatoms. The molecule has 1 aliphatic rings. The summed E-state index contributed by atoms with van der Waals surface area (Å²) in [5, 5.41) is 7.06. The Morgan fingerprint density at radius 2 is 1.81 bits per heavy atom. The molecule has 1 heterocycles. The lowest BCUT2D eigenvalue weighted by Crippen LogP contribution is -2.40. The van der Waals surface area contributed by atoms with Gasteiger partial charge in [0, 0.05) is 45.0 Å². The van der Waals surface area contributed by atoms with E-state index in [2.05, 4.69) is 29.4 Å². The molecule has 1 aromatic rings. The molecule has 1 amide bonds. The third-order valence-electron chi connectivity index (χ3n) is 4.68. The molecular formula is C20H32N4OS. The summed E-state index contributed by atoms with van der Waals surface area (Å²) in [5.74, 6) is 1.60. The van der Waals surface area contributed by atoms with E-state index in [0.29, 0.717) is 10.7 Å². The molecule has 5 nitrogen and oxygen atoms in total. The van der Waals surface area contributed by atoms with Gasteiger partial charge in [0.1, 0.15) is 0 Å². The van der Waals surface area contributed by atoms with E-state index in [4.69, 9.17) is 12.2 Å². The Morgan fingerprint density at radius 1 is 1.19 bits per heavy atom. The Morgan fingerprint density at radius 3 is 2.38 bits per heavy atom. The first kappa shape index (κ1) is 20.6. The standard InChI is InChI=1S/C20H32N4OS/c1-15-12-16(2)14-24(13-15)11-5-10-21-20(26)22-18-8-6-17(7-9-18)19(25)23(3)4/h6-9,15-16H,5,10-14H2,1-4H3,(H2,21,22,26)/t15-,16-/m0/s1. The molecule has 0 saturated carbocycles. The van der Waals surface area contributed by atoms with Crippen molar-refractivity contribution in [2.75, 3.05) is 45.6 Å². The maximum absolute atomic E-state index is 11.9. The van der Waals surface area contributed by atoms with Gasteiger partial charge in [-0.2, -0.15) is 0 Å². The number of hydrogen-bond donors (Lipinski definition) is 2. The number of nitrogens with one attached hydrogen (secondary N) is 2. The van der Waals surface area contributed by atoms with Gasteiger partial charge in [-0.05, 0) is 67.7 Å². The zero-order chi connectivity index (χ0) is 19.1. The van der Waals surface area contributed by atoms with Crippen LogP contribution in [0.2, 0.25) is 0 Å². The van der Waals surface area contributed by atoms with E-state index in [0.717, 1.165) is 37.0 Å². The van der Waals surface area contributed by atoms with Crippen molar-refractivity contribution >= 4 is 28.9 Å². The lowest BCUT2D eigenvalue weighted by molar-refractivity contribution is 0.0827. The molecule has 0 unspecified atom stereocenters. The van der Waals surface area contributed by atoms with Gasteiger partial charge in [0.15, 0.2) is 5.11 Å². The summed E-state index contributed by atoms with van der Waals surface area (Å²) in [7, 11) is 3.50. The first-order valence-electron chi connectivity index (χ1n) is 9.44. The summed E-state index contributed by atoms with van der Waals surface area (Å²) in [5.41, 5.74) is 1.56. The molecule has 0 aromatic heterocycles. The van der Waals surface area contributed by atoms with Crippen molar-refractivity contribution in [2.24, 2.45) is 11.8 Å². The Hall–Kier alpha value is -1.66. The monoisotopic (exact) mass is 376 g/mol. The van der Waals surface area contributed by atoms with E-state index < -0.39 is 0 Å². The number of amides is 1. The highest BCUT2D eigenvalue weighted by Gasteiger charge is 2.20. The molecule has 2 atom stereocenters. The van der Waals surface area contributed by atoms with Crippen molar-refractivity contribution in [1.82, 2.24) is 15.1 Å². The van der Waals surface area contributed by atoms with Crippen LogP contribution >= 0.6 is 12.2 Å². The van der Waals surface area contributed by atoms with Crippen LogP contribution in [0, 0.1) is 11.8 Å². The van der Waals surface area contributed by atoms with Gasteiger partial charge in [0.05, 0.1) is 0 Å². The number of carbonyl (C=O) groups is 1. The number of thiocarbonyl (C=S) groups is 1. The highest BCUT2D eigenvalue weighted by Crippen LogP contribution is 2.20. The summed E-state index contributed by atoms with van der Waals surface area (Å²) in [4.78, 5) is 16.0. The van der Waals surface area contributed by atoms with E-state index in [9.17, 15) is 4.79 Å². The van der Waals surface area contributed by atoms with Crippen molar-refractivity contribution in [2.45, 2.75) is 26.7 Å². The average Bonchev–Trinajstić information content (AvgIpc) is 2.58. The molecule has 0 aliphatic carbocycles. The van der Waals surface area contributed by atoms with Gasteiger partial charge in [0.25, 0.3) is 5.91 Å². The van der Waals surface area contributed by atoms with Crippen LogP contribution < -0.4 is 10.6 Å². The van der Waals surface area contributed by atoms with Gasteiger partial charge < -0.3 is 20.4 Å². The van der Waals surface area contributed by atoms with Crippen LogP contribution in [-0.2, 0) is 0 Å². The second kappa shape index (κ2) is 9.88. The Kier molecular flexibility index (Phi) is 7.85. The molecular weight excluding hydrogens is 344 g/mol.